The molecule has 144 valence electrons. The molecule has 1 N–H and O–H groups in total. The third-order valence-corrected chi connectivity index (χ3v) is 6.28. The predicted octanol–water partition coefficient (Wildman–Crippen LogP) is 2.69. The average molecular weight is 386 g/mol. The van der Waals surface area contributed by atoms with E-state index in [0.717, 1.165) is 30.0 Å². The first-order chi connectivity index (χ1) is 13.1. The van der Waals surface area contributed by atoms with E-state index in [9.17, 15) is 9.59 Å². The zero-order chi connectivity index (χ0) is 19.2. The fourth-order valence-electron chi connectivity index (χ4n) is 3.30. The maximum atomic E-state index is 12.7. The van der Waals surface area contributed by atoms with Gasteiger partial charge in [-0.25, -0.2) is 0 Å². The highest BCUT2D eigenvalue weighted by molar-refractivity contribution is 7.14. The molecule has 2 aromatic rings. The summed E-state index contributed by atoms with van der Waals surface area (Å²) in [4.78, 5) is 31.0. The van der Waals surface area contributed by atoms with Crippen LogP contribution in [0.25, 0.3) is 0 Å². The molecule has 0 spiro atoms. The predicted molar refractivity (Wildman–Crippen MR) is 109 cm³/mol. The van der Waals surface area contributed by atoms with Crippen molar-refractivity contribution < 1.29 is 9.59 Å². The Morgan fingerprint density at radius 3 is 2.44 bits per heavy atom. The van der Waals surface area contributed by atoms with Crippen LogP contribution in [0.5, 0.6) is 0 Å². The molecule has 0 unspecified atom stereocenters. The van der Waals surface area contributed by atoms with E-state index in [4.69, 9.17) is 0 Å². The smallest absolute Gasteiger partial charge is 0.264 e. The zero-order valence-corrected chi connectivity index (χ0v) is 16.8. The molecule has 27 heavy (non-hydrogen) atoms. The van der Waals surface area contributed by atoms with Crippen LogP contribution in [0, 0.1) is 6.92 Å². The van der Waals surface area contributed by atoms with Gasteiger partial charge in [0.05, 0.1) is 11.4 Å². The number of amides is 2. The molecule has 1 fully saturated rings. The summed E-state index contributed by atoms with van der Waals surface area (Å²) in [5.74, 6) is 0.149. The van der Waals surface area contributed by atoms with Crippen molar-refractivity contribution in [3.8, 4) is 0 Å². The number of carbonyl (C=O) groups is 2. The van der Waals surface area contributed by atoms with E-state index >= 15 is 0 Å². The molecule has 5 nitrogen and oxygen atoms in total. The van der Waals surface area contributed by atoms with Gasteiger partial charge in [-0.05, 0) is 30.5 Å². The maximum Gasteiger partial charge on any atom is 0.264 e. The largest absolute Gasteiger partial charge is 0.351 e. The number of rotatable bonds is 6. The van der Waals surface area contributed by atoms with Crippen LogP contribution in [-0.4, -0.2) is 54.3 Å². The number of benzene rings is 1. The van der Waals surface area contributed by atoms with Crippen LogP contribution in [0.3, 0.4) is 0 Å². The maximum absolute atomic E-state index is 12.7. The molecule has 2 heterocycles. The van der Waals surface area contributed by atoms with E-state index in [1.807, 2.05) is 41.3 Å². The molecule has 1 aromatic heterocycles. The molecule has 6 heteroatoms. The first kappa shape index (κ1) is 19.6. The van der Waals surface area contributed by atoms with Crippen LogP contribution in [-0.2, 0) is 17.8 Å². The Bertz CT molecular complexity index is 780. The number of nitrogens with zero attached hydrogens (tertiary/aromatic N) is 2. The van der Waals surface area contributed by atoms with Crippen LogP contribution in [0.15, 0.2) is 36.4 Å². The van der Waals surface area contributed by atoms with Gasteiger partial charge in [0.2, 0.25) is 5.91 Å². The fourth-order valence-corrected chi connectivity index (χ4v) is 4.38. The molecule has 1 aliphatic rings. The molecule has 1 aromatic carbocycles. The second kappa shape index (κ2) is 9.15. The normalized spacial score (nSPS) is 15.0. The van der Waals surface area contributed by atoms with E-state index in [0.29, 0.717) is 26.2 Å². The van der Waals surface area contributed by atoms with Crippen LogP contribution in [0.2, 0.25) is 0 Å². The minimum absolute atomic E-state index is 0.0279. The van der Waals surface area contributed by atoms with E-state index < -0.39 is 0 Å². The molecule has 0 aliphatic carbocycles. The lowest BCUT2D eigenvalue weighted by atomic mass is 10.2. The van der Waals surface area contributed by atoms with Crippen molar-refractivity contribution in [3.05, 3.63) is 57.3 Å². The number of aryl methyl sites for hydroxylation is 2. The molecular formula is C21H27N3O2S. The van der Waals surface area contributed by atoms with Crippen molar-refractivity contribution in [1.82, 2.24) is 15.1 Å². The van der Waals surface area contributed by atoms with Gasteiger partial charge in [-0.1, -0.05) is 37.3 Å². The van der Waals surface area contributed by atoms with E-state index in [1.54, 1.807) is 11.3 Å². The molecule has 1 saturated heterocycles. The summed E-state index contributed by atoms with van der Waals surface area (Å²) in [6.45, 7) is 7.92. The Morgan fingerprint density at radius 2 is 1.81 bits per heavy atom. The Labute approximate surface area is 165 Å². The van der Waals surface area contributed by atoms with Crippen LogP contribution in [0.1, 0.15) is 32.6 Å². The molecule has 0 radical (unpaired) electrons. The average Bonchev–Trinajstić information content (AvgIpc) is 3.08. The summed E-state index contributed by atoms with van der Waals surface area (Å²) >= 11 is 1.61. The fraction of sp³-hybridized carbons (Fsp3) is 0.429. The standard InChI is InChI=1S/C21H27N3O2S/c1-3-18-16(2)13-19(27-18)21(26)24-11-9-23(10-12-24)15-20(25)22-14-17-7-5-4-6-8-17/h4-8,13H,3,9-12,14-15H2,1-2H3,(H,22,25). The molecule has 0 atom stereocenters. The number of hydrogen-bond donors (Lipinski definition) is 1. The third-order valence-electron chi connectivity index (χ3n) is 4.91. The van der Waals surface area contributed by atoms with Crippen molar-refractivity contribution >= 4 is 23.2 Å². The molecule has 2 amide bonds. The minimum Gasteiger partial charge on any atom is -0.351 e. The van der Waals surface area contributed by atoms with Crippen molar-refractivity contribution in [2.75, 3.05) is 32.7 Å². The number of carbonyl (C=O) groups excluding carboxylic acids is 2. The molecular weight excluding hydrogens is 358 g/mol. The monoisotopic (exact) mass is 385 g/mol. The van der Waals surface area contributed by atoms with Crippen molar-refractivity contribution in [1.29, 1.82) is 0 Å². The first-order valence-electron chi connectivity index (χ1n) is 9.48. The lowest BCUT2D eigenvalue weighted by molar-refractivity contribution is -0.122. The SMILES string of the molecule is CCc1sc(C(=O)N2CCN(CC(=O)NCc3ccccc3)CC2)cc1C. The highest BCUT2D eigenvalue weighted by Gasteiger charge is 2.24. The van der Waals surface area contributed by atoms with E-state index in [1.165, 1.54) is 10.4 Å². The summed E-state index contributed by atoms with van der Waals surface area (Å²) in [7, 11) is 0. The summed E-state index contributed by atoms with van der Waals surface area (Å²) < 4.78 is 0. The minimum atomic E-state index is 0.0279. The lowest BCUT2D eigenvalue weighted by Gasteiger charge is -2.34. The summed E-state index contributed by atoms with van der Waals surface area (Å²) in [5, 5.41) is 2.96. The van der Waals surface area contributed by atoms with E-state index in [2.05, 4.69) is 24.1 Å². The number of nitrogens with one attached hydrogen (secondary N) is 1. The summed E-state index contributed by atoms with van der Waals surface area (Å²) in [6, 6.07) is 11.9. The second-order valence-corrected chi connectivity index (χ2v) is 8.04. The van der Waals surface area contributed by atoms with Crippen molar-refractivity contribution in [2.24, 2.45) is 0 Å². The lowest BCUT2D eigenvalue weighted by Crippen LogP contribution is -2.51. The van der Waals surface area contributed by atoms with Gasteiger partial charge in [-0.15, -0.1) is 11.3 Å². The van der Waals surface area contributed by atoms with Crippen LogP contribution < -0.4 is 5.32 Å². The van der Waals surface area contributed by atoms with Gasteiger partial charge in [-0.2, -0.15) is 0 Å². The van der Waals surface area contributed by atoms with Crippen molar-refractivity contribution in [3.63, 3.8) is 0 Å². The number of thiophene rings is 1. The van der Waals surface area contributed by atoms with Gasteiger partial charge in [0.1, 0.15) is 0 Å². The highest BCUT2D eigenvalue weighted by atomic mass is 32.1. The van der Waals surface area contributed by atoms with Gasteiger partial charge < -0.3 is 10.2 Å². The van der Waals surface area contributed by atoms with E-state index in [-0.39, 0.29) is 11.8 Å². The third kappa shape index (κ3) is 5.17. The molecule has 0 bridgehead atoms. The number of piperazine rings is 1. The summed E-state index contributed by atoms with van der Waals surface area (Å²) in [6.07, 6.45) is 0.968. The van der Waals surface area contributed by atoms with Crippen LogP contribution >= 0.6 is 11.3 Å². The first-order valence-corrected chi connectivity index (χ1v) is 10.3. The van der Waals surface area contributed by atoms with Gasteiger partial charge in [0.25, 0.3) is 5.91 Å². The van der Waals surface area contributed by atoms with Gasteiger partial charge >= 0.3 is 0 Å². The molecule has 1 aliphatic heterocycles. The quantitative estimate of drug-likeness (QED) is 0.832. The highest BCUT2D eigenvalue weighted by Crippen LogP contribution is 2.24. The van der Waals surface area contributed by atoms with Gasteiger partial charge in [0.15, 0.2) is 0 Å². The van der Waals surface area contributed by atoms with Gasteiger partial charge in [0, 0.05) is 37.6 Å². The van der Waals surface area contributed by atoms with Crippen LogP contribution in [0.4, 0.5) is 0 Å². The Hall–Kier alpha value is -2.18. The van der Waals surface area contributed by atoms with Gasteiger partial charge in [-0.3, -0.25) is 14.5 Å². The summed E-state index contributed by atoms with van der Waals surface area (Å²) in [5.41, 5.74) is 2.30. The Balaban J connectivity index is 1.44. The number of hydrogen-bond acceptors (Lipinski definition) is 4. The molecule has 0 saturated carbocycles. The zero-order valence-electron chi connectivity index (χ0n) is 16.0. The molecule has 3 rings (SSSR count). The van der Waals surface area contributed by atoms with Crippen molar-refractivity contribution in [2.45, 2.75) is 26.8 Å². The topological polar surface area (TPSA) is 52.7 Å². The Morgan fingerprint density at radius 1 is 1.11 bits per heavy atom. The second-order valence-electron chi connectivity index (χ2n) is 6.90. The Kier molecular flexibility index (Phi) is 6.63.